The number of fused-ring (bicyclic) bond motifs is 1. The van der Waals surface area contributed by atoms with Gasteiger partial charge < -0.3 is 4.74 Å². The first-order valence-electron chi connectivity index (χ1n) is 5.61. The number of Topliss-reactive ketones (excluding diaryl/α,β-unsaturated/α-hetero) is 1. The number of thiophene rings is 1. The average Bonchev–Trinajstić information content (AvgIpc) is 2.73. The van der Waals surface area contributed by atoms with Crippen LogP contribution < -0.4 is 0 Å². The normalized spacial score (nSPS) is 14.8. The van der Waals surface area contributed by atoms with Gasteiger partial charge >= 0.3 is 0 Å². The van der Waals surface area contributed by atoms with E-state index in [-0.39, 0.29) is 12.4 Å². The van der Waals surface area contributed by atoms with E-state index in [0.29, 0.717) is 6.61 Å². The molecule has 2 heterocycles. The molecule has 0 atom stereocenters. The van der Waals surface area contributed by atoms with Gasteiger partial charge in [0.1, 0.15) is 6.61 Å². The molecule has 0 fully saturated rings. The molecule has 2 rings (SSSR count). The maximum Gasteiger partial charge on any atom is 0.198 e. The van der Waals surface area contributed by atoms with E-state index in [4.69, 9.17) is 4.74 Å². The summed E-state index contributed by atoms with van der Waals surface area (Å²) in [4.78, 5) is 14.1. The van der Waals surface area contributed by atoms with Gasteiger partial charge in [0, 0.05) is 17.2 Å². The Morgan fingerprint density at radius 1 is 1.56 bits per heavy atom. The highest BCUT2D eigenvalue weighted by Gasteiger charge is 2.17. The molecular formula is C12H16O2S2. The lowest BCUT2D eigenvalue weighted by Crippen LogP contribution is -2.07. The zero-order valence-electron chi connectivity index (χ0n) is 9.45. The Morgan fingerprint density at radius 3 is 3.19 bits per heavy atom. The van der Waals surface area contributed by atoms with E-state index in [2.05, 4.69) is 6.07 Å². The third-order valence-electron chi connectivity index (χ3n) is 2.48. The second-order valence-electron chi connectivity index (χ2n) is 3.84. The van der Waals surface area contributed by atoms with Crippen LogP contribution in [0.3, 0.4) is 0 Å². The number of rotatable bonds is 5. The summed E-state index contributed by atoms with van der Waals surface area (Å²) in [6.07, 6.45) is 2.08. The zero-order valence-corrected chi connectivity index (χ0v) is 11.1. The molecular weight excluding hydrogens is 240 g/mol. The lowest BCUT2D eigenvalue weighted by atomic mass is 10.2. The van der Waals surface area contributed by atoms with Gasteiger partial charge in [-0.1, -0.05) is 6.92 Å². The van der Waals surface area contributed by atoms with Gasteiger partial charge in [0.05, 0.1) is 4.88 Å². The van der Waals surface area contributed by atoms with Crippen molar-refractivity contribution in [3.05, 3.63) is 21.4 Å². The average molecular weight is 256 g/mol. The topological polar surface area (TPSA) is 26.3 Å². The molecule has 1 aromatic heterocycles. The summed E-state index contributed by atoms with van der Waals surface area (Å²) in [6.45, 7) is 2.96. The summed E-state index contributed by atoms with van der Waals surface area (Å²) < 4.78 is 5.28. The number of hydrogen-bond acceptors (Lipinski definition) is 4. The molecule has 0 saturated carbocycles. The fourth-order valence-corrected chi connectivity index (χ4v) is 3.96. The molecule has 1 aliphatic rings. The second kappa shape index (κ2) is 5.84. The van der Waals surface area contributed by atoms with Gasteiger partial charge in [-0.15, -0.1) is 11.3 Å². The van der Waals surface area contributed by atoms with Crippen LogP contribution in [0.4, 0.5) is 0 Å². The molecule has 0 amide bonds. The summed E-state index contributed by atoms with van der Waals surface area (Å²) in [7, 11) is 0. The Balaban J connectivity index is 1.98. The van der Waals surface area contributed by atoms with Crippen LogP contribution in [0.25, 0.3) is 0 Å². The molecule has 4 heteroatoms. The minimum absolute atomic E-state index is 0.137. The zero-order chi connectivity index (χ0) is 11.4. The van der Waals surface area contributed by atoms with Crippen LogP contribution >= 0.6 is 23.1 Å². The maximum atomic E-state index is 11.8. The van der Waals surface area contributed by atoms with Crippen molar-refractivity contribution in [3.8, 4) is 0 Å². The van der Waals surface area contributed by atoms with Crippen LogP contribution in [0.15, 0.2) is 6.07 Å². The van der Waals surface area contributed by atoms with Gasteiger partial charge in [-0.3, -0.25) is 4.79 Å². The highest BCUT2D eigenvalue weighted by molar-refractivity contribution is 7.98. The lowest BCUT2D eigenvalue weighted by Gasteiger charge is -2.08. The summed E-state index contributed by atoms with van der Waals surface area (Å²) in [5.74, 6) is 2.39. The molecule has 1 aliphatic heterocycles. The van der Waals surface area contributed by atoms with Crippen LogP contribution in [0.5, 0.6) is 0 Å². The molecule has 0 N–H and O–H groups in total. The van der Waals surface area contributed by atoms with Gasteiger partial charge in [-0.05, 0) is 30.2 Å². The molecule has 0 bridgehead atoms. The quantitative estimate of drug-likeness (QED) is 0.598. The summed E-state index contributed by atoms with van der Waals surface area (Å²) in [5, 5.41) is 0. The van der Waals surface area contributed by atoms with E-state index in [1.807, 2.05) is 18.7 Å². The van der Waals surface area contributed by atoms with Gasteiger partial charge in [-0.2, -0.15) is 11.8 Å². The molecule has 2 nitrogen and oxygen atoms in total. The van der Waals surface area contributed by atoms with E-state index < -0.39 is 0 Å². The Hall–Kier alpha value is -0.320. The van der Waals surface area contributed by atoms with E-state index in [0.717, 1.165) is 23.5 Å². The summed E-state index contributed by atoms with van der Waals surface area (Å²) in [5.41, 5.74) is 1.36. The molecule has 0 saturated heterocycles. The van der Waals surface area contributed by atoms with Crippen molar-refractivity contribution in [3.63, 3.8) is 0 Å². The fraction of sp³-hybridized carbons (Fsp3) is 0.583. The van der Waals surface area contributed by atoms with E-state index in [1.165, 1.54) is 16.2 Å². The largest absolute Gasteiger partial charge is 0.373 e. The summed E-state index contributed by atoms with van der Waals surface area (Å²) in [6, 6.07) is 2.06. The van der Waals surface area contributed by atoms with Gasteiger partial charge in [0.15, 0.2) is 5.78 Å². The molecule has 0 aromatic carbocycles. The highest BCUT2D eigenvalue weighted by Crippen LogP contribution is 2.31. The SMILES string of the molecule is CCCOCC(=O)c1cc2c(s1)CCSC2. The van der Waals surface area contributed by atoms with Gasteiger partial charge in [0.2, 0.25) is 0 Å². The number of ketones is 1. The first kappa shape index (κ1) is 12.1. The molecule has 88 valence electrons. The number of ether oxygens (including phenoxy) is 1. The van der Waals surface area contributed by atoms with Crippen molar-refractivity contribution in [1.82, 2.24) is 0 Å². The summed E-state index contributed by atoms with van der Waals surface area (Å²) >= 11 is 3.61. The van der Waals surface area contributed by atoms with Crippen molar-refractivity contribution in [2.24, 2.45) is 0 Å². The van der Waals surface area contributed by atoms with Crippen molar-refractivity contribution in [2.75, 3.05) is 19.0 Å². The predicted octanol–water partition coefficient (Wildman–Crippen LogP) is 3.15. The lowest BCUT2D eigenvalue weighted by molar-refractivity contribution is 0.0765. The minimum Gasteiger partial charge on any atom is -0.373 e. The Bertz CT molecular complexity index is 348. The van der Waals surface area contributed by atoms with Crippen LogP contribution in [0.2, 0.25) is 0 Å². The Labute approximate surface area is 104 Å². The number of carbonyl (C=O) groups excluding carboxylic acids is 1. The van der Waals surface area contributed by atoms with Crippen molar-refractivity contribution < 1.29 is 9.53 Å². The monoisotopic (exact) mass is 256 g/mol. The van der Waals surface area contributed by atoms with Crippen molar-refractivity contribution >= 4 is 28.9 Å². The van der Waals surface area contributed by atoms with E-state index >= 15 is 0 Å². The molecule has 0 radical (unpaired) electrons. The molecule has 1 aromatic rings. The van der Waals surface area contributed by atoms with E-state index in [9.17, 15) is 4.79 Å². The van der Waals surface area contributed by atoms with Gasteiger partial charge in [0.25, 0.3) is 0 Å². The highest BCUT2D eigenvalue weighted by atomic mass is 32.2. The minimum atomic E-state index is 0.137. The second-order valence-corrected chi connectivity index (χ2v) is 6.08. The molecule has 16 heavy (non-hydrogen) atoms. The number of aryl methyl sites for hydroxylation is 1. The van der Waals surface area contributed by atoms with Crippen LogP contribution in [-0.4, -0.2) is 24.7 Å². The first-order valence-corrected chi connectivity index (χ1v) is 7.58. The standard InChI is InChI=1S/C12H16O2S2/c1-2-4-14-7-10(13)12-6-9-8-15-5-3-11(9)16-12/h6H,2-5,7-8H2,1H3. The number of hydrogen-bond donors (Lipinski definition) is 0. The predicted molar refractivity (Wildman–Crippen MR) is 69.6 cm³/mol. The maximum absolute atomic E-state index is 11.8. The number of thioether (sulfide) groups is 1. The fourth-order valence-electron chi connectivity index (χ4n) is 1.66. The Kier molecular flexibility index (Phi) is 4.44. The van der Waals surface area contributed by atoms with Crippen LogP contribution in [-0.2, 0) is 16.9 Å². The van der Waals surface area contributed by atoms with Crippen LogP contribution in [0, 0.1) is 0 Å². The third kappa shape index (κ3) is 2.87. The van der Waals surface area contributed by atoms with Crippen molar-refractivity contribution in [2.45, 2.75) is 25.5 Å². The Morgan fingerprint density at radius 2 is 2.44 bits per heavy atom. The number of carbonyl (C=O) groups is 1. The molecule has 0 aliphatic carbocycles. The van der Waals surface area contributed by atoms with E-state index in [1.54, 1.807) is 11.3 Å². The van der Waals surface area contributed by atoms with Crippen LogP contribution in [0.1, 0.15) is 33.5 Å². The molecule has 0 spiro atoms. The first-order chi connectivity index (χ1) is 7.81. The molecule has 0 unspecified atom stereocenters. The third-order valence-corrected chi connectivity index (χ3v) is 4.77. The van der Waals surface area contributed by atoms with Crippen molar-refractivity contribution in [1.29, 1.82) is 0 Å². The van der Waals surface area contributed by atoms with Gasteiger partial charge in [-0.25, -0.2) is 0 Å². The smallest absolute Gasteiger partial charge is 0.198 e.